The molecule has 0 atom stereocenters. The van der Waals surface area contributed by atoms with Crippen LogP contribution >= 0.6 is 11.8 Å². The molecule has 0 radical (unpaired) electrons. The Morgan fingerprint density at radius 2 is 2.06 bits per heavy atom. The molecule has 4 rings (SSSR count). The molecule has 0 spiro atoms. The van der Waals surface area contributed by atoms with E-state index < -0.39 is 0 Å². The van der Waals surface area contributed by atoms with Crippen molar-refractivity contribution in [1.29, 1.82) is 5.26 Å². The number of nitrogens with zero attached hydrogens (tertiary/aromatic N) is 4. The van der Waals surface area contributed by atoms with E-state index >= 15 is 0 Å². The highest BCUT2D eigenvalue weighted by molar-refractivity contribution is 7.99. The number of ether oxygens (including phenoxy) is 1. The second kappa shape index (κ2) is 11.4. The summed E-state index contributed by atoms with van der Waals surface area (Å²) in [6, 6.07) is 8.90. The van der Waals surface area contributed by atoms with Gasteiger partial charge in [-0.2, -0.15) is 5.26 Å². The predicted octanol–water partition coefficient (Wildman–Crippen LogP) is 4.06. The van der Waals surface area contributed by atoms with Crippen molar-refractivity contribution in [1.82, 2.24) is 9.88 Å². The molecule has 1 aromatic heterocycles. The number of aliphatic hydroxyl groups is 1. The zero-order chi connectivity index (χ0) is 24.1. The van der Waals surface area contributed by atoms with Gasteiger partial charge in [-0.05, 0) is 61.5 Å². The van der Waals surface area contributed by atoms with E-state index in [4.69, 9.17) is 9.72 Å². The molecule has 0 unspecified atom stereocenters. The Morgan fingerprint density at radius 1 is 1.21 bits per heavy atom. The highest BCUT2D eigenvalue weighted by atomic mass is 32.2. The van der Waals surface area contributed by atoms with Crippen LogP contribution in [0.1, 0.15) is 48.1 Å². The topological polar surface area (TPSA) is 72.6 Å². The van der Waals surface area contributed by atoms with Gasteiger partial charge in [-0.3, -0.25) is 0 Å². The molecule has 1 N–H and O–H groups in total. The van der Waals surface area contributed by atoms with Crippen LogP contribution in [0.25, 0.3) is 0 Å². The van der Waals surface area contributed by atoms with Gasteiger partial charge in [0.05, 0.1) is 18.8 Å². The summed E-state index contributed by atoms with van der Waals surface area (Å²) in [7, 11) is 2.15. The monoisotopic (exact) mass is 480 g/mol. The molecule has 1 aromatic carbocycles. The number of aromatic nitrogens is 1. The average molecular weight is 481 g/mol. The summed E-state index contributed by atoms with van der Waals surface area (Å²) in [6.07, 6.45) is 3.72. The van der Waals surface area contributed by atoms with Crippen LogP contribution in [0, 0.1) is 17.2 Å². The molecular weight excluding hydrogens is 444 g/mol. The molecule has 0 aliphatic carbocycles. The Kier molecular flexibility index (Phi) is 8.36. The van der Waals surface area contributed by atoms with Crippen LogP contribution in [0.15, 0.2) is 23.2 Å². The third-order valence-electron chi connectivity index (χ3n) is 6.64. The first-order chi connectivity index (χ1) is 16.5. The van der Waals surface area contributed by atoms with Gasteiger partial charge in [0.2, 0.25) is 0 Å². The van der Waals surface area contributed by atoms with Crippen molar-refractivity contribution in [2.75, 3.05) is 50.5 Å². The fourth-order valence-corrected chi connectivity index (χ4v) is 5.83. The summed E-state index contributed by atoms with van der Waals surface area (Å²) in [5, 5.41) is 21.3. The van der Waals surface area contributed by atoms with E-state index in [1.165, 1.54) is 11.1 Å². The number of likely N-dealkylation sites (N-methyl/N-ethyl adjacent to an activating group) is 1. The number of fused-ring (bicyclic) bond motifs is 1. The third-order valence-corrected chi connectivity index (χ3v) is 7.62. The molecular formula is C27H36N4O2S. The quantitative estimate of drug-likeness (QED) is 0.571. The smallest absolute Gasteiger partial charge is 0.135 e. The summed E-state index contributed by atoms with van der Waals surface area (Å²) < 4.78 is 5.63. The van der Waals surface area contributed by atoms with Crippen molar-refractivity contribution in [3.05, 3.63) is 46.0 Å². The van der Waals surface area contributed by atoms with Crippen molar-refractivity contribution in [2.45, 2.75) is 51.2 Å². The molecule has 182 valence electrons. The number of hydrogen-bond acceptors (Lipinski definition) is 7. The van der Waals surface area contributed by atoms with E-state index in [0.29, 0.717) is 11.5 Å². The molecule has 0 amide bonds. The first-order valence-electron chi connectivity index (χ1n) is 12.4. The fraction of sp³-hybridized carbons (Fsp3) is 0.556. The highest BCUT2D eigenvalue weighted by Crippen LogP contribution is 2.34. The summed E-state index contributed by atoms with van der Waals surface area (Å²) in [4.78, 5) is 9.68. The maximum Gasteiger partial charge on any atom is 0.135 e. The third kappa shape index (κ3) is 5.68. The standard InChI is InChI=1S/C27H36N4O2S/c1-19(2)15-22-23(17-28)27(34-14-8-20-5-6-25-21(16-20)7-13-33-25)29-26(24(22)18-32)31-10-4-9-30(3)11-12-31/h5-6,16,19,32H,4,7-15,18H2,1-3H3. The van der Waals surface area contributed by atoms with Crippen LogP contribution in [-0.4, -0.2) is 60.6 Å². The van der Waals surface area contributed by atoms with E-state index in [1.807, 2.05) is 0 Å². The van der Waals surface area contributed by atoms with Gasteiger partial charge in [0.25, 0.3) is 0 Å². The Balaban J connectivity index is 1.62. The maximum atomic E-state index is 10.4. The second-order valence-corrected chi connectivity index (χ2v) is 10.8. The predicted molar refractivity (Wildman–Crippen MR) is 138 cm³/mol. The van der Waals surface area contributed by atoms with Gasteiger partial charge >= 0.3 is 0 Å². The Labute approximate surface area is 207 Å². The molecule has 6 nitrogen and oxygen atoms in total. The molecule has 0 bridgehead atoms. The molecule has 0 saturated carbocycles. The zero-order valence-electron chi connectivity index (χ0n) is 20.6. The van der Waals surface area contributed by atoms with Gasteiger partial charge in [-0.25, -0.2) is 4.98 Å². The summed E-state index contributed by atoms with van der Waals surface area (Å²) in [6.45, 7) is 8.83. The number of thioether (sulfide) groups is 1. The van der Waals surface area contributed by atoms with Gasteiger partial charge < -0.3 is 19.6 Å². The molecule has 3 heterocycles. The number of pyridine rings is 1. The molecule has 2 aromatic rings. The summed E-state index contributed by atoms with van der Waals surface area (Å²) in [5.41, 5.74) is 5.03. The lowest BCUT2D eigenvalue weighted by atomic mass is 9.95. The van der Waals surface area contributed by atoms with E-state index in [0.717, 1.165) is 91.9 Å². The minimum absolute atomic E-state index is 0.0897. The van der Waals surface area contributed by atoms with Crippen molar-refractivity contribution < 1.29 is 9.84 Å². The van der Waals surface area contributed by atoms with Gasteiger partial charge in [0.15, 0.2) is 0 Å². The van der Waals surface area contributed by atoms with Crippen LogP contribution in [-0.2, 0) is 25.9 Å². The van der Waals surface area contributed by atoms with E-state index in [1.54, 1.807) is 11.8 Å². The number of aryl methyl sites for hydroxylation is 1. The van der Waals surface area contributed by atoms with Gasteiger partial charge in [0, 0.05) is 37.4 Å². The Morgan fingerprint density at radius 3 is 2.82 bits per heavy atom. The van der Waals surface area contributed by atoms with Crippen molar-refractivity contribution in [2.24, 2.45) is 5.92 Å². The molecule has 7 heteroatoms. The minimum atomic E-state index is -0.0897. The van der Waals surface area contributed by atoms with Gasteiger partial charge in [0.1, 0.15) is 22.7 Å². The second-order valence-electron chi connectivity index (χ2n) is 9.72. The SMILES string of the molecule is CC(C)Cc1c(C#N)c(SCCc2ccc3c(c2)CCO3)nc(N2CCCN(C)CC2)c1CO. The van der Waals surface area contributed by atoms with E-state index in [9.17, 15) is 10.4 Å². The lowest BCUT2D eigenvalue weighted by Gasteiger charge is -2.27. The van der Waals surface area contributed by atoms with Crippen molar-refractivity contribution >= 4 is 17.6 Å². The fourth-order valence-electron chi connectivity index (χ4n) is 4.83. The van der Waals surface area contributed by atoms with Gasteiger partial charge in [-0.1, -0.05) is 26.0 Å². The summed E-state index contributed by atoms with van der Waals surface area (Å²) in [5.74, 6) is 3.11. The van der Waals surface area contributed by atoms with Crippen LogP contribution in [0.5, 0.6) is 5.75 Å². The number of aliphatic hydroxyl groups excluding tert-OH is 1. The largest absolute Gasteiger partial charge is 0.493 e. The van der Waals surface area contributed by atoms with Gasteiger partial charge in [-0.15, -0.1) is 11.8 Å². The van der Waals surface area contributed by atoms with Crippen molar-refractivity contribution in [3.63, 3.8) is 0 Å². The van der Waals surface area contributed by atoms with Crippen LogP contribution in [0.2, 0.25) is 0 Å². The Hall–Kier alpha value is -2.27. The first-order valence-corrected chi connectivity index (χ1v) is 13.4. The normalized spacial score (nSPS) is 16.3. The lowest BCUT2D eigenvalue weighted by Crippen LogP contribution is -2.31. The first kappa shape index (κ1) is 24.8. The van der Waals surface area contributed by atoms with Crippen molar-refractivity contribution in [3.8, 4) is 11.8 Å². The Bertz CT molecular complexity index is 1050. The lowest BCUT2D eigenvalue weighted by molar-refractivity contribution is 0.279. The molecule has 2 aliphatic rings. The molecule has 34 heavy (non-hydrogen) atoms. The number of benzene rings is 1. The van der Waals surface area contributed by atoms with Crippen LogP contribution in [0.4, 0.5) is 5.82 Å². The number of hydrogen-bond donors (Lipinski definition) is 1. The highest BCUT2D eigenvalue weighted by Gasteiger charge is 2.25. The van der Waals surface area contributed by atoms with E-state index in [-0.39, 0.29) is 6.61 Å². The molecule has 2 aliphatic heterocycles. The number of rotatable bonds is 8. The number of nitriles is 1. The van der Waals surface area contributed by atoms with Crippen LogP contribution < -0.4 is 9.64 Å². The average Bonchev–Trinajstić information content (AvgIpc) is 3.18. The minimum Gasteiger partial charge on any atom is -0.493 e. The summed E-state index contributed by atoms with van der Waals surface area (Å²) >= 11 is 1.66. The number of anilines is 1. The van der Waals surface area contributed by atoms with E-state index in [2.05, 4.69) is 55.0 Å². The molecule has 1 fully saturated rings. The molecule has 1 saturated heterocycles. The maximum absolute atomic E-state index is 10.4. The zero-order valence-corrected chi connectivity index (χ0v) is 21.5. The van der Waals surface area contributed by atoms with Crippen LogP contribution in [0.3, 0.4) is 0 Å².